The van der Waals surface area contributed by atoms with Crippen molar-refractivity contribution in [2.75, 3.05) is 6.61 Å². The van der Waals surface area contributed by atoms with Crippen LogP contribution in [-0.2, 0) is 20.9 Å². The fourth-order valence-electron chi connectivity index (χ4n) is 5.56. The SMILES string of the molecule is CCOC(=O)c1c(P(=O)(O[C@H]2C[C@@H](C)CC[C@@H]2C(C)C)c2ccccc2)c2cc(C)ccc2n1C. The summed E-state index contributed by atoms with van der Waals surface area (Å²) >= 11 is 0. The van der Waals surface area contributed by atoms with Crippen molar-refractivity contribution in [3.8, 4) is 0 Å². The minimum absolute atomic E-state index is 0.153. The first kappa shape index (κ1) is 25.7. The maximum absolute atomic E-state index is 15.4. The lowest BCUT2D eigenvalue weighted by molar-refractivity contribution is 0.0495. The predicted octanol–water partition coefficient (Wildman–Crippen LogP) is 6.37. The molecular weight excluding hydrogens is 457 g/mol. The van der Waals surface area contributed by atoms with Crippen molar-refractivity contribution < 1.29 is 18.6 Å². The van der Waals surface area contributed by atoms with Crippen molar-refractivity contribution >= 4 is 34.9 Å². The zero-order chi connectivity index (χ0) is 25.3. The predicted molar refractivity (Wildman–Crippen MR) is 143 cm³/mol. The molecule has 35 heavy (non-hydrogen) atoms. The van der Waals surface area contributed by atoms with Gasteiger partial charge in [-0.2, -0.15) is 0 Å². The van der Waals surface area contributed by atoms with Gasteiger partial charge in [0.1, 0.15) is 5.69 Å². The molecule has 1 aliphatic carbocycles. The van der Waals surface area contributed by atoms with Crippen LogP contribution in [0.2, 0.25) is 0 Å². The summed E-state index contributed by atoms with van der Waals surface area (Å²) in [5.41, 5.74) is 2.18. The molecule has 1 aliphatic rings. The van der Waals surface area contributed by atoms with E-state index < -0.39 is 13.3 Å². The van der Waals surface area contributed by atoms with E-state index in [1.165, 1.54) is 0 Å². The van der Waals surface area contributed by atoms with Crippen LogP contribution >= 0.6 is 7.37 Å². The summed E-state index contributed by atoms with van der Waals surface area (Å²) in [5.74, 6) is 0.747. The number of fused-ring (bicyclic) bond motifs is 1. The maximum Gasteiger partial charge on any atom is 0.355 e. The molecular formula is C29H38NO4P. The minimum Gasteiger partial charge on any atom is -0.461 e. The normalized spacial score (nSPS) is 22.3. The summed E-state index contributed by atoms with van der Waals surface area (Å²) < 4.78 is 29.5. The van der Waals surface area contributed by atoms with Gasteiger partial charge < -0.3 is 13.8 Å². The van der Waals surface area contributed by atoms with Gasteiger partial charge in [-0.25, -0.2) is 4.79 Å². The Hall–Kier alpha value is -2.36. The summed E-state index contributed by atoms with van der Waals surface area (Å²) in [6.45, 7) is 10.7. The zero-order valence-corrected chi connectivity index (χ0v) is 22.7. The van der Waals surface area contributed by atoms with E-state index in [2.05, 4.69) is 20.8 Å². The highest BCUT2D eigenvalue weighted by atomic mass is 31.2. The molecule has 1 heterocycles. The molecule has 0 saturated heterocycles. The van der Waals surface area contributed by atoms with Gasteiger partial charge in [0, 0.05) is 23.3 Å². The van der Waals surface area contributed by atoms with Crippen LogP contribution in [0.4, 0.5) is 0 Å². The van der Waals surface area contributed by atoms with Crippen molar-refractivity contribution in [3.63, 3.8) is 0 Å². The molecule has 0 bridgehead atoms. The van der Waals surface area contributed by atoms with Gasteiger partial charge in [-0.05, 0) is 68.7 Å². The number of ether oxygens (including phenoxy) is 1. The summed E-state index contributed by atoms with van der Waals surface area (Å²) in [7, 11) is -1.84. The average Bonchev–Trinajstić information content (AvgIpc) is 3.11. The Morgan fingerprint density at radius 1 is 1.14 bits per heavy atom. The van der Waals surface area contributed by atoms with Crippen molar-refractivity contribution in [2.45, 2.75) is 60.0 Å². The molecule has 1 saturated carbocycles. The van der Waals surface area contributed by atoms with Crippen molar-refractivity contribution in [3.05, 3.63) is 59.8 Å². The molecule has 3 aromatic rings. The third kappa shape index (κ3) is 4.86. The van der Waals surface area contributed by atoms with Gasteiger partial charge in [0.15, 0.2) is 0 Å². The Kier molecular flexibility index (Phi) is 7.59. The molecule has 4 atom stereocenters. The Morgan fingerprint density at radius 3 is 2.51 bits per heavy atom. The summed E-state index contributed by atoms with van der Waals surface area (Å²) in [6, 6.07) is 15.4. The fraction of sp³-hybridized carbons (Fsp3) is 0.483. The van der Waals surface area contributed by atoms with E-state index in [0.717, 1.165) is 35.7 Å². The molecule has 5 nitrogen and oxygen atoms in total. The highest BCUT2D eigenvalue weighted by Crippen LogP contribution is 2.53. The molecule has 1 unspecified atom stereocenters. The Balaban J connectivity index is 2.00. The third-order valence-electron chi connectivity index (χ3n) is 7.43. The number of aryl methyl sites for hydroxylation is 2. The first-order chi connectivity index (χ1) is 16.7. The zero-order valence-electron chi connectivity index (χ0n) is 21.8. The van der Waals surface area contributed by atoms with Gasteiger partial charge in [-0.1, -0.05) is 57.0 Å². The lowest BCUT2D eigenvalue weighted by atomic mass is 9.75. The number of rotatable bonds is 7. The molecule has 188 valence electrons. The lowest BCUT2D eigenvalue weighted by Gasteiger charge is -2.39. The van der Waals surface area contributed by atoms with E-state index in [1.807, 2.05) is 67.1 Å². The number of aromatic nitrogens is 1. The van der Waals surface area contributed by atoms with E-state index >= 15 is 4.57 Å². The van der Waals surface area contributed by atoms with E-state index in [9.17, 15) is 4.79 Å². The average molecular weight is 496 g/mol. The standard InChI is InChI=1S/C29H38NO4P/c1-7-33-29(31)27-28(24-17-20(4)14-16-25(24)30(27)6)35(32,22-11-9-8-10-12-22)34-26-18-21(5)13-15-23(26)19(2)3/h8-12,14,16-17,19,21,23,26H,7,13,15,18H2,1-6H3/t21-,23+,26-,35?/m0/s1. The number of benzene rings is 2. The smallest absolute Gasteiger partial charge is 0.355 e. The van der Waals surface area contributed by atoms with Crippen LogP contribution in [-0.4, -0.2) is 23.2 Å². The minimum atomic E-state index is -3.68. The monoisotopic (exact) mass is 495 g/mol. The van der Waals surface area contributed by atoms with Crippen LogP contribution < -0.4 is 10.6 Å². The van der Waals surface area contributed by atoms with Crippen LogP contribution in [0.15, 0.2) is 48.5 Å². The van der Waals surface area contributed by atoms with Crippen molar-refractivity contribution in [1.82, 2.24) is 4.57 Å². The van der Waals surface area contributed by atoms with Crippen LogP contribution in [0.5, 0.6) is 0 Å². The summed E-state index contributed by atoms with van der Waals surface area (Å²) in [6.07, 6.45) is 2.91. The Morgan fingerprint density at radius 2 is 1.86 bits per heavy atom. The molecule has 0 N–H and O–H groups in total. The molecule has 2 aromatic carbocycles. The van der Waals surface area contributed by atoms with Gasteiger partial charge in [-0.15, -0.1) is 0 Å². The number of hydrogen-bond acceptors (Lipinski definition) is 4. The van der Waals surface area contributed by atoms with Gasteiger partial charge in [0.25, 0.3) is 7.37 Å². The quantitative estimate of drug-likeness (QED) is 0.282. The van der Waals surface area contributed by atoms with Crippen molar-refractivity contribution in [2.24, 2.45) is 24.8 Å². The Labute approximate surface area is 209 Å². The molecule has 0 aliphatic heterocycles. The van der Waals surface area contributed by atoms with Gasteiger partial charge >= 0.3 is 5.97 Å². The van der Waals surface area contributed by atoms with Crippen LogP contribution in [0.3, 0.4) is 0 Å². The van der Waals surface area contributed by atoms with Crippen LogP contribution in [0.1, 0.15) is 63.0 Å². The topological polar surface area (TPSA) is 57.5 Å². The molecule has 1 aromatic heterocycles. The second kappa shape index (κ2) is 10.3. The summed E-state index contributed by atoms with van der Waals surface area (Å²) in [4.78, 5) is 13.3. The van der Waals surface area contributed by atoms with E-state index in [4.69, 9.17) is 9.26 Å². The maximum atomic E-state index is 15.4. The van der Waals surface area contributed by atoms with Gasteiger partial charge in [0.05, 0.1) is 18.0 Å². The Bertz CT molecular complexity index is 1250. The number of carbonyl (C=O) groups excluding carboxylic acids is 1. The molecule has 0 radical (unpaired) electrons. The van der Waals surface area contributed by atoms with Crippen LogP contribution in [0, 0.1) is 24.7 Å². The fourth-order valence-corrected chi connectivity index (χ4v) is 8.25. The van der Waals surface area contributed by atoms with Gasteiger partial charge in [-0.3, -0.25) is 4.57 Å². The van der Waals surface area contributed by atoms with Crippen LogP contribution in [0.25, 0.3) is 10.9 Å². The largest absolute Gasteiger partial charge is 0.461 e. The molecule has 4 rings (SSSR count). The van der Waals surface area contributed by atoms with Crippen molar-refractivity contribution in [1.29, 1.82) is 0 Å². The summed E-state index contributed by atoms with van der Waals surface area (Å²) in [5, 5.41) is 1.86. The first-order valence-electron chi connectivity index (χ1n) is 12.8. The number of hydrogen-bond donors (Lipinski definition) is 0. The molecule has 6 heteroatoms. The van der Waals surface area contributed by atoms with E-state index in [-0.39, 0.29) is 12.7 Å². The number of carbonyl (C=O) groups is 1. The second-order valence-electron chi connectivity index (χ2n) is 10.4. The molecule has 0 spiro atoms. The molecule has 1 fully saturated rings. The lowest BCUT2D eigenvalue weighted by Crippen LogP contribution is -2.36. The van der Waals surface area contributed by atoms with E-state index in [1.54, 1.807) is 6.92 Å². The number of esters is 1. The first-order valence-corrected chi connectivity index (χ1v) is 14.4. The van der Waals surface area contributed by atoms with Gasteiger partial charge in [0.2, 0.25) is 0 Å². The highest BCUT2D eigenvalue weighted by Gasteiger charge is 2.43. The van der Waals surface area contributed by atoms with E-state index in [0.29, 0.717) is 34.1 Å². The number of nitrogens with zero attached hydrogens (tertiary/aromatic N) is 1. The second-order valence-corrected chi connectivity index (χ2v) is 12.6. The third-order valence-corrected chi connectivity index (χ3v) is 10.0. The molecule has 0 amide bonds. The highest BCUT2D eigenvalue weighted by molar-refractivity contribution is 7.75.